The first kappa shape index (κ1) is 20.9. The third-order valence-corrected chi connectivity index (χ3v) is 7.53. The fourth-order valence-electron chi connectivity index (χ4n) is 4.54. The molecular weight excluding hydrogens is 480 g/mol. The maximum atomic E-state index is 11.6. The Morgan fingerprint density at radius 3 is 2.72 bits per heavy atom. The van der Waals surface area contributed by atoms with Crippen LogP contribution in [-0.4, -0.2) is 39.4 Å². The fourth-order valence-corrected chi connectivity index (χ4v) is 5.84. The summed E-state index contributed by atoms with van der Waals surface area (Å²) in [4.78, 5) is 6.88. The highest BCUT2D eigenvalue weighted by Gasteiger charge is 2.51. The summed E-state index contributed by atoms with van der Waals surface area (Å²) in [5.74, 6) is 1.67. The summed E-state index contributed by atoms with van der Waals surface area (Å²) in [5, 5.41) is 0.646. The van der Waals surface area contributed by atoms with Gasteiger partial charge in [-0.1, -0.05) is 23.7 Å². The van der Waals surface area contributed by atoms with Crippen LogP contribution < -0.4 is 9.64 Å². The van der Waals surface area contributed by atoms with E-state index in [4.69, 9.17) is 20.5 Å². The third kappa shape index (κ3) is 4.13. The second-order valence-corrected chi connectivity index (χ2v) is 10.6. The van der Waals surface area contributed by atoms with Crippen molar-refractivity contribution in [2.45, 2.75) is 37.3 Å². The minimum atomic E-state index is -3.50. The number of ether oxygens (including phenoxy) is 1. The highest BCUT2D eigenvalue weighted by molar-refractivity contribution is 9.10. The van der Waals surface area contributed by atoms with E-state index < -0.39 is 10.1 Å². The van der Waals surface area contributed by atoms with Crippen molar-refractivity contribution < 1.29 is 17.3 Å². The fraction of sp³-hybridized carbons (Fsp3) is 0.450. The molecular formula is C20H22BrClN2O4S. The number of methoxy groups -OCH3 is 1. The van der Waals surface area contributed by atoms with Crippen LogP contribution in [-0.2, 0) is 26.3 Å². The Kier molecular flexibility index (Phi) is 5.57. The number of hydrogen-bond donors (Lipinski definition) is 0. The summed E-state index contributed by atoms with van der Waals surface area (Å²) < 4.78 is 34.6. The molecule has 0 unspecified atom stereocenters. The first-order valence-electron chi connectivity index (χ1n) is 9.31. The van der Waals surface area contributed by atoms with Crippen molar-refractivity contribution in [3.63, 3.8) is 0 Å². The van der Waals surface area contributed by atoms with Gasteiger partial charge in [0, 0.05) is 30.3 Å². The lowest BCUT2D eigenvalue weighted by Gasteiger charge is -2.26. The second-order valence-electron chi connectivity index (χ2n) is 7.77. The van der Waals surface area contributed by atoms with Gasteiger partial charge < -0.3 is 9.64 Å². The van der Waals surface area contributed by atoms with E-state index in [0.29, 0.717) is 24.4 Å². The lowest BCUT2D eigenvalue weighted by atomic mass is 9.81. The third-order valence-electron chi connectivity index (χ3n) is 5.68. The van der Waals surface area contributed by atoms with Gasteiger partial charge in [0.1, 0.15) is 11.6 Å². The van der Waals surface area contributed by atoms with E-state index >= 15 is 0 Å². The molecule has 0 bridgehead atoms. The van der Waals surface area contributed by atoms with E-state index in [9.17, 15) is 8.42 Å². The van der Waals surface area contributed by atoms with Crippen molar-refractivity contribution in [1.29, 1.82) is 0 Å². The number of fused-ring (bicyclic) bond motifs is 2. The van der Waals surface area contributed by atoms with Gasteiger partial charge in [-0.25, -0.2) is 4.98 Å². The normalized spacial score (nSPS) is 23.6. The van der Waals surface area contributed by atoms with E-state index in [1.54, 1.807) is 13.3 Å². The molecule has 0 saturated heterocycles. The number of anilines is 1. The Hall–Kier alpha value is -1.35. The van der Waals surface area contributed by atoms with Crippen LogP contribution in [0.25, 0.3) is 0 Å². The van der Waals surface area contributed by atoms with Gasteiger partial charge in [0.25, 0.3) is 10.1 Å². The van der Waals surface area contributed by atoms with Gasteiger partial charge in [-0.15, -0.1) is 0 Å². The van der Waals surface area contributed by atoms with Crippen LogP contribution in [0.1, 0.15) is 30.4 Å². The molecule has 1 aliphatic carbocycles. The number of pyridine rings is 1. The molecule has 9 heteroatoms. The van der Waals surface area contributed by atoms with E-state index in [1.165, 1.54) is 0 Å². The molecule has 2 aromatic rings. The van der Waals surface area contributed by atoms with Crippen LogP contribution in [0.4, 0.5) is 5.82 Å². The quantitative estimate of drug-likeness (QED) is 0.569. The van der Waals surface area contributed by atoms with Crippen molar-refractivity contribution in [3.05, 3.63) is 51.1 Å². The molecule has 2 heterocycles. The number of nitrogens with zero attached hydrogens (tertiary/aromatic N) is 2. The average molecular weight is 502 g/mol. The Balaban J connectivity index is 1.66. The Bertz CT molecular complexity index is 1030. The van der Waals surface area contributed by atoms with Gasteiger partial charge in [0.05, 0.1) is 29.0 Å². The van der Waals surface area contributed by atoms with E-state index in [1.807, 2.05) is 24.3 Å². The van der Waals surface area contributed by atoms with Crippen LogP contribution >= 0.6 is 27.5 Å². The van der Waals surface area contributed by atoms with Crippen molar-refractivity contribution >= 4 is 43.5 Å². The van der Waals surface area contributed by atoms with Gasteiger partial charge in [-0.05, 0) is 52.9 Å². The van der Waals surface area contributed by atoms with Gasteiger partial charge in [0.2, 0.25) is 0 Å². The predicted octanol–water partition coefficient (Wildman–Crippen LogP) is 4.29. The van der Waals surface area contributed by atoms with Crippen LogP contribution in [0, 0.1) is 0 Å². The molecule has 1 aliphatic heterocycles. The van der Waals surface area contributed by atoms with Crippen molar-refractivity contribution in [1.82, 2.24) is 4.98 Å². The van der Waals surface area contributed by atoms with Crippen molar-refractivity contribution in [2.75, 3.05) is 24.8 Å². The highest BCUT2D eigenvalue weighted by Crippen LogP contribution is 2.54. The molecule has 0 N–H and O–H groups in total. The molecule has 4 rings (SSSR count). The molecule has 1 spiro atoms. The Morgan fingerprint density at radius 1 is 1.34 bits per heavy atom. The van der Waals surface area contributed by atoms with Gasteiger partial charge in [0.15, 0.2) is 0 Å². The average Bonchev–Trinajstić information content (AvgIpc) is 3.18. The van der Waals surface area contributed by atoms with Crippen molar-refractivity contribution in [2.24, 2.45) is 0 Å². The van der Waals surface area contributed by atoms with Gasteiger partial charge in [-0.2, -0.15) is 8.42 Å². The van der Waals surface area contributed by atoms with Crippen LogP contribution in [0.15, 0.2) is 34.9 Å². The summed E-state index contributed by atoms with van der Waals surface area (Å²) in [7, 11) is -1.85. The van der Waals surface area contributed by atoms with Crippen molar-refractivity contribution in [3.8, 4) is 5.75 Å². The smallest absolute Gasteiger partial charge is 0.264 e. The summed E-state index contributed by atoms with van der Waals surface area (Å²) >= 11 is 10.2. The lowest BCUT2D eigenvalue weighted by molar-refractivity contribution is 0.210. The zero-order valence-corrected chi connectivity index (χ0v) is 19.3. The lowest BCUT2D eigenvalue weighted by Crippen LogP contribution is -2.32. The molecule has 156 valence electrons. The number of halogens is 2. The van der Waals surface area contributed by atoms with Crippen LogP contribution in [0.5, 0.6) is 5.75 Å². The molecule has 1 aromatic heterocycles. The number of aromatic nitrogens is 1. The molecule has 2 atom stereocenters. The Labute approximate surface area is 184 Å². The minimum absolute atomic E-state index is 0.273. The molecule has 6 nitrogen and oxygen atoms in total. The minimum Gasteiger partial charge on any atom is -0.497 e. The summed E-state index contributed by atoms with van der Waals surface area (Å²) in [6, 6.07) is 7.95. The standard InChI is InChI=1S/C20H22BrClN2O4S/c1-27-14-5-3-13(4-6-14)11-24-12-20(8-7-15(9-20)28-29(2,25)26)17-18(22)16(21)10-23-19(17)24/h3-6,10,15H,7-9,11-12H2,1-2H3/t15-,20-/m0/s1. The Morgan fingerprint density at radius 2 is 2.07 bits per heavy atom. The predicted molar refractivity (Wildman–Crippen MR) is 116 cm³/mol. The monoisotopic (exact) mass is 500 g/mol. The zero-order chi connectivity index (χ0) is 20.8. The molecule has 1 saturated carbocycles. The molecule has 2 aliphatic rings. The molecule has 0 amide bonds. The largest absolute Gasteiger partial charge is 0.497 e. The first-order chi connectivity index (χ1) is 13.7. The summed E-state index contributed by atoms with van der Waals surface area (Å²) in [6.45, 7) is 1.41. The van der Waals surface area contributed by atoms with Crippen LogP contribution in [0.2, 0.25) is 5.02 Å². The van der Waals surface area contributed by atoms with E-state index in [-0.39, 0.29) is 11.5 Å². The number of benzene rings is 1. The van der Waals surface area contributed by atoms with Crippen LogP contribution in [0.3, 0.4) is 0 Å². The molecule has 1 fully saturated rings. The van der Waals surface area contributed by atoms with Gasteiger partial charge >= 0.3 is 0 Å². The maximum Gasteiger partial charge on any atom is 0.264 e. The molecule has 29 heavy (non-hydrogen) atoms. The van der Waals surface area contributed by atoms with Gasteiger partial charge in [-0.3, -0.25) is 4.18 Å². The SMILES string of the molecule is COc1ccc(CN2C[C@@]3(CC[C@H](OS(C)(=O)=O)C3)c3c2ncc(Br)c3Cl)cc1. The topological polar surface area (TPSA) is 68.7 Å². The second kappa shape index (κ2) is 7.72. The molecule has 0 radical (unpaired) electrons. The van der Waals surface area contributed by atoms with E-state index in [2.05, 4.69) is 25.8 Å². The number of rotatable bonds is 5. The molecule has 1 aromatic carbocycles. The zero-order valence-electron chi connectivity index (χ0n) is 16.2. The first-order valence-corrected chi connectivity index (χ1v) is 12.3. The van der Waals surface area contributed by atoms with E-state index in [0.717, 1.165) is 46.4 Å². The number of hydrogen-bond acceptors (Lipinski definition) is 6. The highest BCUT2D eigenvalue weighted by atomic mass is 79.9. The summed E-state index contributed by atoms with van der Waals surface area (Å²) in [5.41, 5.74) is 1.85. The summed E-state index contributed by atoms with van der Waals surface area (Å²) in [6.07, 6.45) is 4.56. The maximum absolute atomic E-state index is 11.6.